The standard InChI is InChI=1S/C17H18ClN3O/c18-12-6-8-14(9-7-12)21-11-19-16-15(21)10-20(17(16)22)13-4-2-1-3-5-13/h6-9,11,13H,1-5,10H2. The van der Waals surface area contributed by atoms with Crippen LogP contribution < -0.4 is 0 Å². The largest absolute Gasteiger partial charge is 0.328 e. The summed E-state index contributed by atoms with van der Waals surface area (Å²) < 4.78 is 2.01. The van der Waals surface area contributed by atoms with Crippen LogP contribution in [0.2, 0.25) is 5.02 Å². The normalized spacial score (nSPS) is 18.8. The third kappa shape index (κ3) is 2.22. The third-order valence-corrected chi connectivity index (χ3v) is 5.02. The molecule has 0 radical (unpaired) electrons. The Bertz CT molecular complexity index is 701. The third-order valence-electron chi connectivity index (χ3n) is 4.77. The predicted octanol–water partition coefficient (Wildman–Crippen LogP) is 3.81. The summed E-state index contributed by atoms with van der Waals surface area (Å²) in [5, 5.41) is 0.709. The number of hydrogen-bond donors (Lipinski definition) is 0. The number of imidazole rings is 1. The second-order valence-corrected chi connectivity index (χ2v) is 6.55. The minimum Gasteiger partial charge on any atom is -0.328 e. The van der Waals surface area contributed by atoms with E-state index < -0.39 is 0 Å². The van der Waals surface area contributed by atoms with Gasteiger partial charge in [-0.15, -0.1) is 0 Å². The summed E-state index contributed by atoms with van der Waals surface area (Å²) in [4.78, 5) is 19.0. The van der Waals surface area contributed by atoms with Gasteiger partial charge in [-0.05, 0) is 37.1 Å². The van der Waals surface area contributed by atoms with E-state index in [1.54, 1.807) is 6.33 Å². The Balaban J connectivity index is 1.65. The fraction of sp³-hybridized carbons (Fsp3) is 0.412. The van der Waals surface area contributed by atoms with E-state index in [4.69, 9.17) is 11.6 Å². The average Bonchev–Trinajstić information content (AvgIpc) is 3.10. The molecule has 0 unspecified atom stereocenters. The molecule has 4 nitrogen and oxygen atoms in total. The molecule has 1 fully saturated rings. The van der Waals surface area contributed by atoms with Gasteiger partial charge in [-0.3, -0.25) is 4.79 Å². The van der Waals surface area contributed by atoms with Gasteiger partial charge in [0.1, 0.15) is 6.33 Å². The number of amides is 1. The maximum Gasteiger partial charge on any atom is 0.275 e. The Morgan fingerprint density at radius 3 is 2.55 bits per heavy atom. The van der Waals surface area contributed by atoms with Crippen molar-refractivity contribution in [2.45, 2.75) is 44.7 Å². The van der Waals surface area contributed by atoms with Crippen LogP contribution in [0.5, 0.6) is 0 Å². The number of benzene rings is 1. The molecule has 2 heterocycles. The summed E-state index contributed by atoms with van der Waals surface area (Å²) in [7, 11) is 0. The van der Waals surface area contributed by atoms with Crippen molar-refractivity contribution in [3.8, 4) is 5.69 Å². The summed E-state index contributed by atoms with van der Waals surface area (Å²) >= 11 is 5.95. The van der Waals surface area contributed by atoms with Crippen molar-refractivity contribution >= 4 is 17.5 Å². The van der Waals surface area contributed by atoms with Crippen molar-refractivity contribution in [1.29, 1.82) is 0 Å². The van der Waals surface area contributed by atoms with Gasteiger partial charge in [-0.2, -0.15) is 0 Å². The predicted molar refractivity (Wildman–Crippen MR) is 85.3 cm³/mol. The zero-order valence-corrected chi connectivity index (χ0v) is 13.1. The molecule has 1 aromatic heterocycles. The lowest BCUT2D eigenvalue weighted by molar-refractivity contribution is 0.0653. The van der Waals surface area contributed by atoms with E-state index in [1.165, 1.54) is 19.3 Å². The van der Waals surface area contributed by atoms with Crippen molar-refractivity contribution in [2.24, 2.45) is 0 Å². The molecular formula is C17H18ClN3O. The van der Waals surface area contributed by atoms with Gasteiger partial charge in [-0.25, -0.2) is 4.98 Å². The zero-order valence-electron chi connectivity index (χ0n) is 12.3. The van der Waals surface area contributed by atoms with E-state index in [1.807, 2.05) is 33.7 Å². The van der Waals surface area contributed by atoms with E-state index in [2.05, 4.69) is 4.98 Å². The van der Waals surface area contributed by atoms with Gasteiger partial charge in [0.2, 0.25) is 0 Å². The molecule has 0 N–H and O–H groups in total. The molecule has 0 saturated heterocycles. The molecule has 4 rings (SSSR count). The second-order valence-electron chi connectivity index (χ2n) is 6.11. The van der Waals surface area contributed by atoms with E-state index >= 15 is 0 Å². The fourth-order valence-corrected chi connectivity index (χ4v) is 3.71. The molecule has 2 aliphatic rings. The lowest BCUT2D eigenvalue weighted by Gasteiger charge is -2.30. The zero-order chi connectivity index (χ0) is 15.1. The first-order chi connectivity index (χ1) is 10.7. The monoisotopic (exact) mass is 315 g/mol. The number of fused-ring (bicyclic) bond motifs is 1. The first kappa shape index (κ1) is 13.8. The quantitative estimate of drug-likeness (QED) is 0.845. The number of rotatable bonds is 2. The Morgan fingerprint density at radius 1 is 1.09 bits per heavy atom. The van der Waals surface area contributed by atoms with E-state index in [9.17, 15) is 4.79 Å². The summed E-state index contributed by atoms with van der Waals surface area (Å²) in [6.45, 7) is 0.668. The molecule has 1 aliphatic carbocycles. The summed E-state index contributed by atoms with van der Waals surface area (Å²) in [6.07, 6.45) is 7.73. The molecule has 0 bridgehead atoms. The fourth-order valence-electron chi connectivity index (χ4n) is 3.58. The molecule has 114 valence electrons. The number of carbonyl (C=O) groups excluding carboxylic acids is 1. The lowest BCUT2D eigenvalue weighted by Crippen LogP contribution is -2.37. The van der Waals surface area contributed by atoms with E-state index in [0.717, 1.165) is 24.2 Å². The number of hydrogen-bond acceptors (Lipinski definition) is 2. The van der Waals surface area contributed by atoms with Crippen LogP contribution in [0, 0.1) is 0 Å². The van der Waals surface area contributed by atoms with E-state index in [-0.39, 0.29) is 5.91 Å². The Hall–Kier alpha value is -1.81. The van der Waals surface area contributed by atoms with Gasteiger partial charge >= 0.3 is 0 Å². The van der Waals surface area contributed by atoms with Gasteiger partial charge < -0.3 is 9.47 Å². The highest BCUT2D eigenvalue weighted by molar-refractivity contribution is 6.30. The van der Waals surface area contributed by atoms with Gasteiger partial charge in [0.15, 0.2) is 5.69 Å². The van der Waals surface area contributed by atoms with Crippen LogP contribution >= 0.6 is 11.6 Å². The minimum absolute atomic E-state index is 0.0922. The maximum absolute atomic E-state index is 12.6. The molecule has 0 spiro atoms. The highest BCUT2D eigenvalue weighted by Crippen LogP contribution is 2.31. The van der Waals surface area contributed by atoms with Gasteiger partial charge in [0, 0.05) is 16.8 Å². The van der Waals surface area contributed by atoms with Crippen molar-refractivity contribution < 1.29 is 4.79 Å². The first-order valence-electron chi connectivity index (χ1n) is 7.87. The first-order valence-corrected chi connectivity index (χ1v) is 8.25. The number of halogens is 1. The smallest absolute Gasteiger partial charge is 0.275 e. The van der Waals surface area contributed by atoms with Crippen LogP contribution in [-0.4, -0.2) is 26.4 Å². The lowest BCUT2D eigenvalue weighted by atomic mass is 9.94. The van der Waals surface area contributed by atoms with Crippen LogP contribution in [0.3, 0.4) is 0 Å². The van der Waals surface area contributed by atoms with Gasteiger partial charge in [0.25, 0.3) is 5.91 Å². The summed E-state index contributed by atoms with van der Waals surface area (Å²) in [5.41, 5.74) is 2.61. The molecule has 5 heteroatoms. The molecule has 1 aromatic carbocycles. The van der Waals surface area contributed by atoms with Gasteiger partial charge in [0.05, 0.1) is 12.2 Å². The topological polar surface area (TPSA) is 38.1 Å². The molecular weight excluding hydrogens is 298 g/mol. The molecule has 2 aromatic rings. The molecule has 1 aliphatic heterocycles. The Morgan fingerprint density at radius 2 is 1.82 bits per heavy atom. The number of nitrogens with zero attached hydrogens (tertiary/aromatic N) is 3. The van der Waals surface area contributed by atoms with E-state index in [0.29, 0.717) is 23.3 Å². The van der Waals surface area contributed by atoms with Crippen LogP contribution in [0.1, 0.15) is 48.3 Å². The Labute approximate surface area is 134 Å². The molecule has 0 atom stereocenters. The summed E-state index contributed by atoms with van der Waals surface area (Å²) in [5.74, 6) is 0.0922. The minimum atomic E-state index is 0.0922. The number of carbonyl (C=O) groups is 1. The second kappa shape index (κ2) is 5.43. The summed E-state index contributed by atoms with van der Waals surface area (Å²) in [6, 6.07) is 8.02. The Kier molecular flexibility index (Phi) is 3.41. The van der Waals surface area contributed by atoms with Crippen LogP contribution in [0.15, 0.2) is 30.6 Å². The highest BCUT2D eigenvalue weighted by atomic mass is 35.5. The molecule has 1 saturated carbocycles. The molecule has 1 amide bonds. The van der Waals surface area contributed by atoms with Crippen LogP contribution in [0.4, 0.5) is 0 Å². The van der Waals surface area contributed by atoms with Gasteiger partial charge in [-0.1, -0.05) is 30.9 Å². The SMILES string of the molecule is O=C1c2ncn(-c3ccc(Cl)cc3)c2CN1C1CCCCC1. The molecule has 22 heavy (non-hydrogen) atoms. The highest BCUT2D eigenvalue weighted by Gasteiger charge is 2.36. The van der Waals surface area contributed by atoms with Crippen LogP contribution in [-0.2, 0) is 6.54 Å². The van der Waals surface area contributed by atoms with Crippen molar-refractivity contribution in [3.63, 3.8) is 0 Å². The maximum atomic E-state index is 12.6. The van der Waals surface area contributed by atoms with Crippen molar-refractivity contribution in [2.75, 3.05) is 0 Å². The van der Waals surface area contributed by atoms with Crippen LogP contribution in [0.25, 0.3) is 5.69 Å². The van der Waals surface area contributed by atoms with Crippen molar-refractivity contribution in [3.05, 3.63) is 47.0 Å². The average molecular weight is 316 g/mol. The van der Waals surface area contributed by atoms with Crippen molar-refractivity contribution in [1.82, 2.24) is 14.5 Å². The number of aromatic nitrogens is 2.